The molecule has 0 unspecified atom stereocenters. The number of ether oxygens (including phenoxy) is 3. The lowest BCUT2D eigenvalue weighted by molar-refractivity contribution is 0.0203. The lowest BCUT2D eigenvalue weighted by Gasteiger charge is -2.21. The molecule has 0 bridgehead atoms. The fraction of sp³-hybridized carbons (Fsp3) is 0.542. The SMILES string of the molecule is CCNC(=NCc1cc(-c2ccc(OC)cc2)cs1)NCCCOCC1CCOCC1. The van der Waals surface area contributed by atoms with Crippen molar-refractivity contribution >= 4 is 17.3 Å². The Morgan fingerprint density at radius 1 is 1.16 bits per heavy atom. The first-order valence-corrected chi connectivity index (χ1v) is 12.1. The third-order valence-electron chi connectivity index (χ3n) is 5.27. The van der Waals surface area contributed by atoms with Gasteiger partial charge in [0.1, 0.15) is 5.75 Å². The maximum Gasteiger partial charge on any atom is 0.191 e. The highest BCUT2D eigenvalue weighted by Gasteiger charge is 2.13. The molecule has 0 aliphatic carbocycles. The van der Waals surface area contributed by atoms with Gasteiger partial charge in [-0.1, -0.05) is 12.1 Å². The second kappa shape index (κ2) is 13.3. The fourth-order valence-corrected chi connectivity index (χ4v) is 4.26. The van der Waals surface area contributed by atoms with Crippen LogP contribution >= 0.6 is 11.3 Å². The maximum atomic E-state index is 5.84. The Bertz CT molecular complexity index is 786. The number of aliphatic imine (C=N–C) groups is 1. The standard InChI is InChI=1S/C24H35N3O3S/c1-3-25-24(26-11-4-12-30-17-19-9-13-29-14-10-19)27-16-23-15-21(18-31-23)20-5-7-22(28-2)8-6-20/h5-8,15,18-19H,3-4,9-14,16-17H2,1-2H3,(H2,25,26,27). The van der Waals surface area contributed by atoms with Crippen LogP contribution in [0, 0.1) is 5.92 Å². The van der Waals surface area contributed by atoms with E-state index in [1.54, 1.807) is 18.4 Å². The number of nitrogens with one attached hydrogen (secondary N) is 2. The highest BCUT2D eigenvalue weighted by molar-refractivity contribution is 7.10. The van der Waals surface area contributed by atoms with Gasteiger partial charge in [-0.05, 0) is 66.8 Å². The van der Waals surface area contributed by atoms with Gasteiger partial charge in [0.25, 0.3) is 0 Å². The van der Waals surface area contributed by atoms with Crippen molar-refractivity contribution in [3.8, 4) is 16.9 Å². The average molecular weight is 446 g/mol. The molecule has 2 heterocycles. The first-order valence-electron chi connectivity index (χ1n) is 11.2. The molecule has 0 atom stereocenters. The Hall–Kier alpha value is -2.09. The van der Waals surface area contributed by atoms with Crippen LogP contribution in [0.2, 0.25) is 0 Å². The molecule has 0 saturated carbocycles. The molecule has 6 nitrogen and oxygen atoms in total. The average Bonchev–Trinajstić information content (AvgIpc) is 3.29. The molecular weight excluding hydrogens is 410 g/mol. The topological polar surface area (TPSA) is 64.1 Å². The zero-order valence-corrected chi connectivity index (χ0v) is 19.5. The van der Waals surface area contributed by atoms with E-state index < -0.39 is 0 Å². The summed E-state index contributed by atoms with van der Waals surface area (Å²) in [4.78, 5) is 5.98. The van der Waals surface area contributed by atoms with Gasteiger partial charge in [-0.3, -0.25) is 0 Å². The summed E-state index contributed by atoms with van der Waals surface area (Å²) >= 11 is 1.74. The Labute approximate surface area is 190 Å². The van der Waals surface area contributed by atoms with E-state index >= 15 is 0 Å². The van der Waals surface area contributed by atoms with E-state index in [4.69, 9.17) is 19.2 Å². The van der Waals surface area contributed by atoms with Gasteiger partial charge in [-0.15, -0.1) is 11.3 Å². The van der Waals surface area contributed by atoms with Crippen molar-refractivity contribution < 1.29 is 14.2 Å². The van der Waals surface area contributed by atoms with Gasteiger partial charge in [0, 0.05) is 44.4 Å². The molecule has 7 heteroatoms. The number of benzene rings is 1. The molecule has 1 aromatic carbocycles. The van der Waals surface area contributed by atoms with Crippen LogP contribution in [-0.2, 0) is 16.0 Å². The third kappa shape index (κ3) is 8.16. The first kappa shape index (κ1) is 23.6. The fourth-order valence-electron chi connectivity index (χ4n) is 3.44. The summed E-state index contributed by atoms with van der Waals surface area (Å²) in [7, 11) is 1.69. The molecule has 31 heavy (non-hydrogen) atoms. The van der Waals surface area contributed by atoms with Crippen LogP contribution < -0.4 is 15.4 Å². The molecule has 1 aliphatic rings. The zero-order valence-electron chi connectivity index (χ0n) is 18.7. The molecule has 0 amide bonds. The second-order valence-corrected chi connectivity index (χ2v) is 8.63. The number of rotatable bonds is 11. The molecule has 1 aromatic heterocycles. The second-order valence-electron chi connectivity index (χ2n) is 7.64. The van der Waals surface area contributed by atoms with Gasteiger partial charge in [-0.2, -0.15) is 0 Å². The van der Waals surface area contributed by atoms with E-state index in [-0.39, 0.29) is 0 Å². The van der Waals surface area contributed by atoms with Crippen LogP contribution in [0.4, 0.5) is 0 Å². The van der Waals surface area contributed by atoms with Gasteiger partial charge in [0.2, 0.25) is 0 Å². The van der Waals surface area contributed by atoms with Gasteiger partial charge in [0.15, 0.2) is 5.96 Å². The van der Waals surface area contributed by atoms with Crippen molar-refractivity contribution in [1.29, 1.82) is 0 Å². The van der Waals surface area contributed by atoms with Crippen LogP contribution in [0.5, 0.6) is 5.75 Å². The largest absolute Gasteiger partial charge is 0.497 e. The van der Waals surface area contributed by atoms with Crippen LogP contribution in [0.25, 0.3) is 11.1 Å². The van der Waals surface area contributed by atoms with Crippen molar-refractivity contribution in [1.82, 2.24) is 10.6 Å². The number of thiophene rings is 1. The van der Waals surface area contributed by atoms with Crippen molar-refractivity contribution in [3.05, 3.63) is 40.6 Å². The van der Waals surface area contributed by atoms with E-state index in [1.807, 2.05) is 12.1 Å². The minimum atomic E-state index is 0.661. The summed E-state index contributed by atoms with van der Waals surface area (Å²) in [6, 6.07) is 10.4. The maximum absolute atomic E-state index is 5.84. The molecule has 0 spiro atoms. The molecule has 1 saturated heterocycles. The Kier molecular flexibility index (Phi) is 10.2. The van der Waals surface area contributed by atoms with Crippen molar-refractivity contribution in [2.24, 2.45) is 10.9 Å². The van der Waals surface area contributed by atoms with Gasteiger partial charge in [-0.25, -0.2) is 4.99 Å². The van der Waals surface area contributed by atoms with Crippen LogP contribution in [0.15, 0.2) is 40.7 Å². The minimum Gasteiger partial charge on any atom is -0.497 e. The van der Waals surface area contributed by atoms with E-state index in [9.17, 15) is 0 Å². The highest BCUT2D eigenvalue weighted by atomic mass is 32.1. The number of nitrogens with zero attached hydrogens (tertiary/aromatic N) is 1. The minimum absolute atomic E-state index is 0.661. The van der Waals surface area contributed by atoms with Gasteiger partial charge in [0.05, 0.1) is 13.7 Å². The lowest BCUT2D eigenvalue weighted by Crippen LogP contribution is -2.38. The van der Waals surface area contributed by atoms with E-state index in [1.165, 1.54) is 16.0 Å². The number of methoxy groups -OCH3 is 1. The number of guanidine groups is 1. The zero-order chi connectivity index (χ0) is 21.7. The third-order valence-corrected chi connectivity index (χ3v) is 6.19. The summed E-state index contributed by atoms with van der Waals surface area (Å²) in [5.41, 5.74) is 2.41. The molecule has 3 rings (SSSR count). The van der Waals surface area contributed by atoms with Crippen LogP contribution in [-0.4, -0.2) is 52.6 Å². The molecule has 2 N–H and O–H groups in total. The normalized spacial score (nSPS) is 15.1. The van der Waals surface area contributed by atoms with Crippen molar-refractivity contribution in [2.45, 2.75) is 32.7 Å². The molecule has 170 valence electrons. The number of hydrogen-bond donors (Lipinski definition) is 2. The quantitative estimate of drug-likeness (QED) is 0.307. The summed E-state index contributed by atoms with van der Waals surface area (Å²) < 4.78 is 16.5. The Balaban J connectivity index is 1.40. The lowest BCUT2D eigenvalue weighted by atomic mass is 10.0. The summed E-state index contributed by atoms with van der Waals surface area (Å²) in [5, 5.41) is 8.91. The van der Waals surface area contributed by atoms with Gasteiger partial charge < -0.3 is 24.8 Å². The van der Waals surface area contributed by atoms with Crippen molar-refractivity contribution in [3.63, 3.8) is 0 Å². The molecule has 2 aromatic rings. The molecule has 0 radical (unpaired) electrons. The highest BCUT2D eigenvalue weighted by Crippen LogP contribution is 2.27. The first-order chi connectivity index (χ1) is 15.3. The van der Waals surface area contributed by atoms with Gasteiger partial charge >= 0.3 is 0 Å². The van der Waals surface area contributed by atoms with Crippen LogP contribution in [0.1, 0.15) is 31.1 Å². The molecular formula is C24H35N3O3S. The monoisotopic (exact) mass is 445 g/mol. The summed E-state index contributed by atoms with van der Waals surface area (Å²) in [5.74, 6) is 2.39. The van der Waals surface area contributed by atoms with E-state index in [0.29, 0.717) is 12.5 Å². The van der Waals surface area contributed by atoms with E-state index in [2.05, 4.69) is 41.1 Å². The van der Waals surface area contributed by atoms with Crippen molar-refractivity contribution in [2.75, 3.05) is 46.6 Å². The molecule has 1 aliphatic heterocycles. The molecule has 1 fully saturated rings. The predicted octanol–water partition coefficient (Wildman–Crippen LogP) is 4.31. The Morgan fingerprint density at radius 2 is 1.97 bits per heavy atom. The predicted molar refractivity (Wildman–Crippen MR) is 128 cm³/mol. The Morgan fingerprint density at radius 3 is 2.71 bits per heavy atom. The smallest absolute Gasteiger partial charge is 0.191 e. The number of hydrogen-bond acceptors (Lipinski definition) is 5. The summed E-state index contributed by atoms with van der Waals surface area (Å²) in [6.07, 6.45) is 3.21. The summed E-state index contributed by atoms with van der Waals surface area (Å²) in [6.45, 7) is 7.83. The van der Waals surface area contributed by atoms with Crippen LogP contribution in [0.3, 0.4) is 0 Å². The van der Waals surface area contributed by atoms with E-state index in [0.717, 1.165) is 70.5 Å².